The van der Waals surface area contributed by atoms with E-state index < -0.39 is 59.9 Å². The summed E-state index contributed by atoms with van der Waals surface area (Å²) in [6.07, 6.45) is 1.23. The van der Waals surface area contributed by atoms with Crippen LogP contribution in [-0.4, -0.2) is 102 Å². The van der Waals surface area contributed by atoms with Crippen molar-refractivity contribution in [3.63, 3.8) is 0 Å². The first-order valence-corrected chi connectivity index (χ1v) is 28.2. The molecule has 13 heteroatoms. The second-order valence-electron chi connectivity index (χ2n) is 21.4. The van der Waals surface area contributed by atoms with E-state index in [4.69, 9.17) is 21.1 Å². The van der Waals surface area contributed by atoms with E-state index in [0.717, 1.165) is 52.6 Å². The van der Waals surface area contributed by atoms with Crippen LogP contribution in [0.1, 0.15) is 96.9 Å². The Morgan fingerprint density at radius 2 is 1.11 bits per heavy atom. The smallest absolute Gasteiger partial charge is 0.407 e. The minimum absolute atomic E-state index is 0. The number of hydrogen-bond acceptors (Lipinski definition) is 8. The fourth-order valence-electron chi connectivity index (χ4n) is 11.5. The summed E-state index contributed by atoms with van der Waals surface area (Å²) >= 11 is 7.06. The Morgan fingerprint density at radius 1 is 0.610 bits per heavy atom. The molecule has 2 aliphatic rings. The van der Waals surface area contributed by atoms with E-state index in [2.05, 4.69) is 5.32 Å². The summed E-state index contributed by atoms with van der Waals surface area (Å²) in [5.41, 5.74) is 6.44. The SMILES string of the molecule is C.Cc1ccc(C(OC(=O)C[C@H](NC(=O)OCC2c3ccccc3-c3ccccc32)C(=O)N(C)[C@@H](Cc2ccccc2)C(=O)N(C)[C@@H](Cc2ccccc2)C(=O)C[C@@H](C)C(=O)N2CCCCC2)(c2ccccc2)c2ccccc2Cl)cc1. The van der Waals surface area contributed by atoms with Crippen molar-refractivity contribution in [2.45, 2.75) is 95.9 Å². The van der Waals surface area contributed by atoms with Gasteiger partial charge >= 0.3 is 12.1 Å². The van der Waals surface area contributed by atoms with Crippen LogP contribution in [0.4, 0.5) is 4.79 Å². The highest BCUT2D eigenvalue weighted by Gasteiger charge is 2.45. The lowest BCUT2D eigenvalue weighted by Gasteiger charge is -2.37. The van der Waals surface area contributed by atoms with Crippen LogP contribution in [0.15, 0.2) is 188 Å². The monoisotopic (exact) mass is 1120 g/mol. The highest BCUT2D eigenvalue weighted by molar-refractivity contribution is 6.31. The number of rotatable bonds is 21. The number of alkyl carbamates (subject to hydrolysis) is 1. The van der Waals surface area contributed by atoms with Crippen molar-refractivity contribution < 1.29 is 38.2 Å². The van der Waals surface area contributed by atoms with Gasteiger partial charge in [0.1, 0.15) is 18.7 Å². The normalized spacial score (nSPS) is 14.9. The van der Waals surface area contributed by atoms with E-state index in [1.54, 1.807) is 38.2 Å². The first kappa shape index (κ1) is 59.8. The molecule has 1 aliphatic carbocycles. The Labute approximate surface area is 487 Å². The lowest BCUT2D eigenvalue weighted by Crippen LogP contribution is -2.58. The molecular weight excluding hydrogens is 1050 g/mol. The molecule has 5 atom stereocenters. The quantitative estimate of drug-likeness (QED) is 0.0554. The molecule has 9 rings (SSSR count). The van der Waals surface area contributed by atoms with Crippen LogP contribution < -0.4 is 5.32 Å². The number of esters is 1. The second kappa shape index (κ2) is 27.4. The van der Waals surface area contributed by atoms with Gasteiger partial charge in [-0.05, 0) is 72.1 Å². The van der Waals surface area contributed by atoms with Crippen LogP contribution in [0.3, 0.4) is 0 Å². The number of benzene rings is 7. The number of amides is 4. The molecule has 1 unspecified atom stereocenters. The first-order chi connectivity index (χ1) is 39.2. The van der Waals surface area contributed by atoms with E-state index >= 15 is 14.4 Å². The number of nitrogens with one attached hydrogen (secondary N) is 1. The fraction of sp³-hybridized carbons (Fsp3) is 0.304. The molecule has 1 aliphatic heterocycles. The predicted molar refractivity (Wildman–Crippen MR) is 321 cm³/mol. The van der Waals surface area contributed by atoms with E-state index in [-0.39, 0.29) is 50.9 Å². The van der Waals surface area contributed by atoms with Crippen molar-refractivity contribution in [3.8, 4) is 11.1 Å². The third-order valence-electron chi connectivity index (χ3n) is 15.9. The lowest BCUT2D eigenvalue weighted by molar-refractivity contribution is -0.156. The highest BCUT2D eigenvalue weighted by atomic mass is 35.5. The van der Waals surface area contributed by atoms with E-state index in [1.807, 2.05) is 176 Å². The summed E-state index contributed by atoms with van der Waals surface area (Å²) < 4.78 is 12.8. The van der Waals surface area contributed by atoms with Gasteiger partial charge in [-0.25, -0.2) is 4.79 Å². The Hall–Kier alpha value is -8.35. The minimum Gasteiger partial charge on any atom is -0.449 e. The molecule has 1 saturated heterocycles. The Morgan fingerprint density at radius 3 is 1.70 bits per heavy atom. The minimum atomic E-state index is -1.66. The maximum atomic E-state index is 15.6. The van der Waals surface area contributed by atoms with Gasteiger partial charge in [0, 0.05) is 73.6 Å². The number of likely N-dealkylation sites (tertiary alicyclic amines) is 1. The van der Waals surface area contributed by atoms with Crippen molar-refractivity contribution in [1.82, 2.24) is 20.0 Å². The molecule has 4 amide bonds. The molecule has 0 bridgehead atoms. The number of aryl methyl sites for hydroxylation is 1. The number of Topliss-reactive ketones (excluding diaryl/α,β-unsaturated/α-hetero) is 1. The zero-order valence-electron chi connectivity index (χ0n) is 46.3. The molecule has 1 fully saturated rings. The largest absolute Gasteiger partial charge is 0.449 e. The first-order valence-electron chi connectivity index (χ1n) is 27.9. The molecule has 1 heterocycles. The standard InChI is InChI=1S/C68H69ClN4O8.CH4/c1-46-35-37-51(38-36-46)68(50-27-13-7-14-28-50,57-33-19-20-34-58(57)69)81-63(75)44-59(70-67(79)80-45-56-54-31-17-15-29-52(54)53-30-16-18-32-55(53)56)65(77)72(4)61(43-49-25-11-6-12-26-49)66(78)71(3)60(42-48-23-9-5-10-24-48)62(74)41-47(2)64(76)73-39-21-8-22-40-73;/h5-7,9-20,23-38,47,56,59-61H,8,21-22,39-45H2,1-4H3,(H,70,79);1H4/t47-,59+,60+,61+,68?;/m1./s1. The van der Waals surface area contributed by atoms with Crippen LogP contribution in [0.5, 0.6) is 0 Å². The molecule has 0 saturated carbocycles. The summed E-state index contributed by atoms with van der Waals surface area (Å²) in [6.45, 7) is 4.90. The molecule has 424 valence electrons. The number of likely N-dealkylation sites (N-methyl/N-ethyl adjacent to an activating group) is 2. The molecule has 82 heavy (non-hydrogen) atoms. The fourth-order valence-corrected chi connectivity index (χ4v) is 11.8. The van der Waals surface area contributed by atoms with Gasteiger partial charge in [0.15, 0.2) is 11.4 Å². The average Bonchev–Trinajstić information content (AvgIpc) is 3.84. The number of fused-ring (bicyclic) bond motifs is 3. The van der Waals surface area contributed by atoms with Gasteiger partial charge in [0.2, 0.25) is 17.7 Å². The van der Waals surface area contributed by atoms with Crippen LogP contribution in [0.2, 0.25) is 5.02 Å². The summed E-state index contributed by atoms with van der Waals surface area (Å²) in [4.78, 5) is 93.7. The molecule has 1 N–H and O–H groups in total. The third-order valence-corrected chi connectivity index (χ3v) is 16.2. The zero-order chi connectivity index (χ0) is 57.0. The van der Waals surface area contributed by atoms with E-state index in [0.29, 0.717) is 40.4 Å². The number of carbonyl (C=O) groups is 6. The Kier molecular flexibility index (Phi) is 20.0. The molecule has 0 radical (unpaired) electrons. The number of halogens is 1. The topological polar surface area (TPSA) is 143 Å². The van der Waals surface area contributed by atoms with Crippen molar-refractivity contribution in [1.29, 1.82) is 0 Å². The van der Waals surface area contributed by atoms with E-state index in [1.165, 1.54) is 16.8 Å². The maximum absolute atomic E-state index is 15.6. The average molecular weight is 1120 g/mol. The molecule has 7 aromatic rings. The van der Waals surface area contributed by atoms with Crippen LogP contribution in [-0.2, 0) is 51.9 Å². The van der Waals surface area contributed by atoms with Crippen LogP contribution in [0, 0.1) is 12.8 Å². The highest BCUT2D eigenvalue weighted by Crippen LogP contribution is 2.46. The summed E-state index contributed by atoms with van der Waals surface area (Å²) in [5.74, 6) is -3.58. The van der Waals surface area contributed by atoms with Crippen molar-refractivity contribution in [2.75, 3.05) is 33.8 Å². The number of piperidine rings is 1. The van der Waals surface area contributed by atoms with Gasteiger partial charge in [0.05, 0.1) is 12.5 Å². The van der Waals surface area contributed by atoms with Crippen molar-refractivity contribution in [2.24, 2.45) is 5.92 Å². The maximum Gasteiger partial charge on any atom is 0.407 e. The van der Waals surface area contributed by atoms with Gasteiger partial charge in [-0.3, -0.25) is 24.0 Å². The third kappa shape index (κ3) is 13.5. The zero-order valence-corrected chi connectivity index (χ0v) is 47.1. The van der Waals surface area contributed by atoms with Gasteiger partial charge in [0.25, 0.3) is 0 Å². The van der Waals surface area contributed by atoms with Crippen molar-refractivity contribution in [3.05, 3.63) is 238 Å². The van der Waals surface area contributed by atoms with Crippen LogP contribution >= 0.6 is 11.6 Å². The van der Waals surface area contributed by atoms with Crippen molar-refractivity contribution >= 4 is 47.2 Å². The van der Waals surface area contributed by atoms with Gasteiger partial charge in [-0.2, -0.15) is 0 Å². The molecule has 7 aromatic carbocycles. The Bertz CT molecular complexity index is 3290. The molecule has 12 nitrogen and oxygen atoms in total. The number of nitrogens with zero attached hydrogens (tertiary/aromatic N) is 3. The van der Waals surface area contributed by atoms with Crippen LogP contribution in [0.25, 0.3) is 11.1 Å². The number of hydrogen-bond donors (Lipinski definition) is 1. The molecular formula is C69H73ClN4O8. The summed E-state index contributed by atoms with van der Waals surface area (Å²) in [7, 11) is 3.01. The van der Waals surface area contributed by atoms with E-state index in [9.17, 15) is 14.4 Å². The van der Waals surface area contributed by atoms with Gasteiger partial charge < -0.3 is 29.5 Å². The summed E-state index contributed by atoms with van der Waals surface area (Å²) in [5, 5.41) is 3.07. The second-order valence-corrected chi connectivity index (χ2v) is 21.8. The number of ether oxygens (including phenoxy) is 2. The predicted octanol–water partition coefficient (Wildman–Crippen LogP) is 12.2. The number of carbonyl (C=O) groups excluding carboxylic acids is 6. The number of ketones is 1. The molecule has 0 spiro atoms. The van der Waals surface area contributed by atoms with Gasteiger partial charge in [-0.15, -0.1) is 0 Å². The summed E-state index contributed by atoms with van der Waals surface area (Å²) in [6, 6.07) is 54.2. The van der Waals surface area contributed by atoms with Gasteiger partial charge in [-0.1, -0.05) is 214 Å². The Balaban J connectivity index is 0.00000880. The lowest BCUT2D eigenvalue weighted by atomic mass is 9.79. The molecule has 0 aromatic heterocycles.